The largest absolute Gasteiger partial charge is 0.497 e. The van der Waals surface area contributed by atoms with Crippen molar-refractivity contribution in [3.8, 4) is 34.3 Å². The Morgan fingerprint density at radius 2 is 1.34 bits per heavy atom. The fraction of sp³-hybridized carbons (Fsp3) is 0.172. The molecular weight excluding hydrogens is 582 g/mol. The fourth-order valence-corrected chi connectivity index (χ4v) is 6.58. The molecule has 5 heterocycles. The van der Waals surface area contributed by atoms with Crippen molar-refractivity contribution in [2.75, 3.05) is 20.0 Å². The van der Waals surface area contributed by atoms with Crippen LogP contribution in [0.2, 0.25) is 4.34 Å². The topological polar surface area (TPSA) is 130 Å². The number of pyridine rings is 4. The second kappa shape index (κ2) is 14.1. The van der Waals surface area contributed by atoms with E-state index in [1.165, 1.54) is 6.07 Å². The summed E-state index contributed by atoms with van der Waals surface area (Å²) in [5, 5.41) is 0. The van der Waals surface area contributed by atoms with Gasteiger partial charge in [0.2, 0.25) is 0 Å². The van der Waals surface area contributed by atoms with Crippen molar-refractivity contribution in [2.45, 2.75) is 17.2 Å². The molecule has 0 aliphatic rings. The van der Waals surface area contributed by atoms with Gasteiger partial charge in [-0.15, -0.1) is 11.3 Å². The SMILES string of the molecule is COc1cc(CCS(=O)(=O)c2ccc(Cl)s2)nc(-c2ccccn2)c1.COc1cc(CN)nc(-c2ccccn2)c1. The zero-order valence-corrected chi connectivity index (χ0v) is 24.8. The normalized spacial score (nSPS) is 10.9. The highest BCUT2D eigenvalue weighted by molar-refractivity contribution is 7.93. The molecule has 0 radical (unpaired) electrons. The molecule has 2 N–H and O–H groups in total. The van der Waals surface area contributed by atoms with E-state index in [9.17, 15) is 8.42 Å². The van der Waals surface area contributed by atoms with Crippen molar-refractivity contribution >= 4 is 32.8 Å². The Kier molecular flexibility index (Phi) is 10.4. The summed E-state index contributed by atoms with van der Waals surface area (Å²) in [4.78, 5) is 17.4. The molecule has 5 rings (SSSR count). The van der Waals surface area contributed by atoms with Crippen LogP contribution in [0.4, 0.5) is 0 Å². The molecule has 9 nitrogen and oxygen atoms in total. The van der Waals surface area contributed by atoms with Gasteiger partial charge in [-0.25, -0.2) is 13.4 Å². The number of aromatic nitrogens is 4. The lowest BCUT2D eigenvalue weighted by Crippen LogP contribution is -2.09. The summed E-state index contributed by atoms with van der Waals surface area (Å²) in [6.07, 6.45) is 3.69. The van der Waals surface area contributed by atoms with Crippen LogP contribution in [0.3, 0.4) is 0 Å². The smallest absolute Gasteiger partial charge is 0.188 e. The van der Waals surface area contributed by atoms with Gasteiger partial charge < -0.3 is 15.2 Å². The third-order valence-corrected chi connectivity index (χ3v) is 9.25. The van der Waals surface area contributed by atoms with Crippen LogP contribution in [0, 0.1) is 0 Å². The Balaban J connectivity index is 0.000000208. The predicted octanol–water partition coefficient (Wildman–Crippen LogP) is 5.49. The molecule has 0 spiro atoms. The molecule has 5 aromatic rings. The van der Waals surface area contributed by atoms with E-state index < -0.39 is 9.84 Å². The van der Waals surface area contributed by atoms with Crippen LogP contribution in [0.25, 0.3) is 22.8 Å². The van der Waals surface area contributed by atoms with E-state index in [1.807, 2.05) is 48.5 Å². The lowest BCUT2D eigenvalue weighted by Gasteiger charge is -2.08. The standard InChI is InChI=1S/C17H15ClN2O3S2.C12H13N3O/c1-23-13-10-12(20-15(11-13)14-4-2-3-8-19-14)7-9-25(21,22)17-6-5-16(18)24-17;1-16-10-6-9(8-13)15-12(7-10)11-4-2-3-5-14-11/h2-6,8,10-11H,7,9H2,1H3;2-7H,8,13H2,1H3. The minimum Gasteiger partial charge on any atom is -0.497 e. The van der Waals surface area contributed by atoms with Crippen molar-refractivity contribution in [3.05, 3.63) is 101 Å². The van der Waals surface area contributed by atoms with Gasteiger partial charge in [-0.3, -0.25) is 15.0 Å². The Labute approximate surface area is 248 Å². The first-order chi connectivity index (χ1) is 19.8. The lowest BCUT2D eigenvalue weighted by molar-refractivity contribution is 0.413. The highest BCUT2D eigenvalue weighted by atomic mass is 35.5. The number of halogens is 1. The zero-order valence-electron chi connectivity index (χ0n) is 22.4. The Hall–Kier alpha value is -3.90. The van der Waals surface area contributed by atoms with Gasteiger partial charge in [0.15, 0.2) is 9.84 Å². The quantitative estimate of drug-likeness (QED) is 0.230. The Morgan fingerprint density at radius 1 is 0.780 bits per heavy atom. The summed E-state index contributed by atoms with van der Waals surface area (Å²) in [7, 11) is -0.213. The maximum Gasteiger partial charge on any atom is 0.188 e. The summed E-state index contributed by atoms with van der Waals surface area (Å²) in [6.45, 7) is 0.386. The van der Waals surface area contributed by atoms with Crippen LogP contribution >= 0.6 is 22.9 Å². The first-order valence-corrected chi connectivity index (χ1v) is 15.3. The monoisotopic (exact) mass is 609 g/mol. The highest BCUT2D eigenvalue weighted by Gasteiger charge is 2.18. The van der Waals surface area contributed by atoms with E-state index in [0.717, 1.165) is 34.2 Å². The van der Waals surface area contributed by atoms with E-state index in [4.69, 9.17) is 26.8 Å². The number of ether oxygens (including phenoxy) is 2. The van der Waals surface area contributed by atoms with Crippen LogP contribution in [0.15, 0.2) is 89.4 Å². The Bertz CT molecular complexity index is 1660. The number of methoxy groups -OCH3 is 2. The third-order valence-electron chi connectivity index (χ3n) is 5.72. The maximum absolute atomic E-state index is 12.4. The molecule has 0 aliphatic heterocycles. The minimum atomic E-state index is -3.40. The number of nitrogens with zero attached hydrogens (tertiary/aromatic N) is 4. The van der Waals surface area contributed by atoms with E-state index in [0.29, 0.717) is 33.7 Å². The Morgan fingerprint density at radius 3 is 1.80 bits per heavy atom. The van der Waals surface area contributed by atoms with Gasteiger partial charge in [0, 0.05) is 55.3 Å². The number of sulfone groups is 1. The van der Waals surface area contributed by atoms with Crippen LogP contribution in [-0.4, -0.2) is 48.3 Å². The highest BCUT2D eigenvalue weighted by Crippen LogP contribution is 2.28. The summed E-state index contributed by atoms with van der Waals surface area (Å²) < 4.78 is 36.0. The molecule has 0 saturated carbocycles. The number of hydrogen-bond acceptors (Lipinski definition) is 10. The van der Waals surface area contributed by atoms with Crippen molar-refractivity contribution in [3.63, 3.8) is 0 Å². The summed E-state index contributed by atoms with van der Waals surface area (Å²) in [5.41, 5.74) is 9.95. The van der Waals surface area contributed by atoms with E-state index >= 15 is 0 Å². The summed E-state index contributed by atoms with van der Waals surface area (Å²) in [6, 6.07) is 21.5. The molecule has 0 bridgehead atoms. The first-order valence-electron chi connectivity index (χ1n) is 12.4. The predicted molar refractivity (Wildman–Crippen MR) is 161 cm³/mol. The van der Waals surface area contributed by atoms with Gasteiger partial charge in [-0.1, -0.05) is 23.7 Å². The number of hydrogen-bond donors (Lipinski definition) is 1. The van der Waals surface area contributed by atoms with Crippen LogP contribution in [0.1, 0.15) is 11.4 Å². The lowest BCUT2D eigenvalue weighted by atomic mass is 10.2. The van der Waals surface area contributed by atoms with Gasteiger partial charge in [0.1, 0.15) is 15.7 Å². The van der Waals surface area contributed by atoms with Gasteiger partial charge in [0.05, 0.1) is 52.8 Å². The fourth-order valence-electron chi connectivity index (χ4n) is 3.68. The van der Waals surface area contributed by atoms with Gasteiger partial charge in [-0.05, 0) is 36.4 Å². The molecular formula is C29H28ClN5O4S2. The molecule has 0 unspecified atom stereocenters. The second-order valence-electron chi connectivity index (χ2n) is 8.53. The average Bonchev–Trinajstić information content (AvgIpc) is 3.48. The maximum atomic E-state index is 12.4. The van der Waals surface area contributed by atoms with Gasteiger partial charge in [-0.2, -0.15) is 0 Å². The van der Waals surface area contributed by atoms with Crippen LogP contribution < -0.4 is 15.2 Å². The van der Waals surface area contributed by atoms with Crippen molar-refractivity contribution in [1.29, 1.82) is 0 Å². The number of nitrogens with two attached hydrogens (primary N) is 1. The zero-order chi connectivity index (χ0) is 29.2. The van der Waals surface area contributed by atoms with E-state index in [-0.39, 0.29) is 16.4 Å². The minimum absolute atomic E-state index is 0.0499. The second-order valence-corrected chi connectivity index (χ2v) is 12.6. The van der Waals surface area contributed by atoms with Gasteiger partial charge >= 0.3 is 0 Å². The number of thiophene rings is 1. The molecule has 212 valence electrons. The third kappa shape index (κ3) is 8.30. The molecule has 0 amide bonds. The summed E-state index contributed by atoms with van der Waals surface area (Å²) >= 11 is 6.89. The van der Waals surface area contributed by atoms with E-state index in [2.05, 4.69) is 19.9 Å². The van der Waals surface area contributed by atoms with Crippen molar-refractivity contribution in [1.82, 2.24) is 19.9 Å². The number of aryl methyl sites for hydroxylation is 1. The first kappa shape index (κ1) is 30.1. The van der Waals surface area contributed by atoms with Crippen LogP contribution in [0.5, 0.6) is 11.5 Å². The molecule has 0 aromatic carbocycles. The molecule has 0 atom stereocenters. The van der Waals surface area contributed by atoms with Gasteiger partial charge in [0.25, 0.3) is 0 Å². The van der Waals surface area contributed by atoms with Crippen molar-refractivity contribution in [2.24, 2.45) is 5.73 Å². The molecule has 0 saturated heterocycles. The van der Waals surface area contributed by atoms with Crippen LogP contribution in [-0.2, 0) is 22.8 Å². The molecule has 12 heteroatoms. The molecule has 5 aromatic heterocycles. The molecule has 0 aliphatic carbocycles. The molecule has 41 heavy (non-hydrogen) atoms. The summed E-state index contributed by atoms with van der Waals surface area (Å²) in [5.74, 6) is 1.31. The average molecular weight is 610 g/mol. The number of rotatable bonds is 9. The van der Waals surface area contributed by atoms with Crippen molar-refractivity contribution < 1.29 is 17.9 Å². The molecule has 0 fully saturated rings. The van der Waals surface area contributed by atoms with E-state index in [1.54, 1.807) is 44.8 Å².